The molecule has 2 rings (SSSR count). The summed E-state index contributed by atoms with van der Waals surface area (Å²) in [5.41, 5.74) is 0.978. The maximum absolute atomic E-state index is 11.9. The number of aromatic nitrogens is 1. The van der Waals surface area contributed by atoms with Gasteiger partial charge in [-0.2, -0.15) is 0 Å². The topological polar surface area (TPSA) is 54.0 Å². The molecule has 20 heavy (non-hydrogen) atoms. The number of hydrogen-bond donors (Lipinski definition) is 2. The second kappa shape index (κ2) is 6.65. The third-order valence-electron chi connectivity index (χ3n) is 2.33. The molecule has 1 aromatic carbocycles. The Morgan fingerprint density at radius 3 is 2.45 bits per heavy atom. The van der Waals surface area contributed by atoms with Crippen LogP contribution in [0.1, 0.15) is 10.4 Å². The van der Waals surface area contributed by atoms with Gasteiger partial charge in [0.1, 0.15) is 5.15 Å². The second-order valence-corrected chi connectivity index (χ2v) is 4.90. The van der Waals surface area contributed by atoms with Gasteiger partial charge < -0.3 is 5.32 Å². The molecule has 4 nitrogen and oxygen atoms in total. The molecule has 102 valence electrons. The number of carbonyl (C=O) groups excluding carboxylic acids is 1. The van der Waals surface area contributed by atoms with Crippen molar-refractivity contribution in [3.63, 3.8) is 0 Å². The minimum atomic E-state index is -0.304. The highest BCUT2D eigenvalue weighted by Gasteiger charge is 2.09. The minimum Gasteiger partial charge on any atom is -0.330 e. The maximum Gasteiger partial charge on any atom is 0.257 e. The number of thiocarbonyl (C=S) groups is 1. The minimum absolute atomic E-state index is 0.130. The quantitative estimate of drug-likeness (QED) is 0.655. The fourth-order valence-electron chi connectivity index (χ4n) is 1.42. The van der Waals surface area contributed by atoms with Gasteiger partial charge in [-0.05, 0) is 36.5 Å². The first-order valence-corrected chi connectivity index (χ1v) is 6.72. The van der Waals surface area contributed by atoms with E-state index in [1.54, 1.807) is 36.4 Å². The summed E-state index contributed by atoms with van der Waals surface area (Å²) >= 11 is 16.6. The van der Waals surface area contributed by atoms with E-state index in [1.807, 2.05) is 6.07 Å². The Morgan fingerprint density at radius 2 is 1.80 bits per heavy atom. The summed E-state index contributed by atoms with van der Waals surface area (Å²) in [5.74, 6) is -0.304. The normalized spacial score (nSPS) is 9.90. The summed E-state index contributed by atoms with van der Waals surface area (Å²) in [6.45, 7) is 0. The highest BCUT2D eigenvalue weighted by Crippen LogP contribution is 2.21. The Hall–Kier alpha value is -1.69. The third kappa shape index (κ3) is 3.90. The van der Waals surface area contributed by atoms with E-state index < -0.39 is 0 Å². The smallest absolute Gasteiger partial charge is 0.257 e. The van der Waals surface area contributed by atoms with Crippen LogP contribution >= 0.6 is 35.4 Å². The zero-order chi connectivity index (χ0) is 14.5. The third-order valence-corrected chi connectivity index (χ3v) is 3.03. The number of rotatable bonds is 2. The van der Waals surface area contributed by atoms with Crippen molar-refractivity contribution in [2.75, 3.05) is 5.32 Å². The van der Waals surface area contributed by atoms with Gasteiger partial charge in [0, 0.05) is 5.56 Å². The first-order chi connectivity index (χ1) is 9.56. The van der Waals surface area contributed by atoms with Gasteiger partial charge in [0.05, 0.1) is 5.69 Å². The van der Waals surface area contributed by atoms with Gasteiger partial charge in [-0.1, -0.05) is 41.4 Å². The van der Waals surface area contributed by atoms with E-state index in [1.165, 1.54) is 0 Å². The van der Waals surface area contributed by atoms with Crippen molar-refractivity contribution in [1.29, 1.82) is 0 Å². The highest BCUT2D eigenvalue weighted by molar-refractivity contribution is 7.80. The molecule has 0 saturated carbocycles. The Bertz CT molecular complexity index is 649. The van der Waals surface area contributed by atoms with Crippen LogP contribution in [0.4, 0.5) is 5.69 Å². The van der Waals surface area contributed by atoms with Crippen molar-refractivity contribution >= 4 is 52.1 Å². The van der Waals surface area contributed by atoms with Crippen molar-refractivity contribution in [2.45, 2.75) is 0 Å². The zero-order valence-electron chi connectivity index (χ0n) is 10.1. The Kier molecular flexibility index (Phi) is 4.89. The van der Waals surface area contributed by atoms with Crippen molar-refractivity contribution in [1.82, 2.24) is 10.3 Å². The number of hydrogen-bond acceptors (Lipinski definition) is 3. The van der Waals surface area contributed by atoms with Crippen LogP contribution in [-0.4, -0.2) is 16.0 Å². The molecular weight excluding hydrogens is 317 g/mol. The van der Waals surface area contributed by atoms with Crippen LogP contribution in [0.25, 0.3) is 0 Å². The van der Waals surface area contributed by atoms with E-state index >= 15 is 0 Å². The molecule has 0 atom stereocenters. The summed E-state index contributed by atoms with van der Waals surface area (Å²) in [6, 6.07) is 11.9. The number of benzene rings is 1. The van der Waals surface area contributed by atoms with E-state index in [0.29, 0.717) is 11.3 Å². The van der Waals surface area contributed by atoms with Crippen LogP contribution in [0.15, 0.2) is 42.5 Å². The van der Waals surface area contributed by atoms with Crippen LogP contribution in [0.5, 0.6) is 0 Å². The first-order valence-electron chi connectivity index (χ1n) is 5.55. The maximum atomic E-state index is 11.9. The molecule has 7 heteroatoms. The van der Waals surface area contributed by atoms with E-state index in [2.05, 4.69) is 15.6 Å². The number of anilines is 1. The van der Waals surface area contributed by atoms with E-state index in [9.17, 15) is 4.79 Å². The Balaban J connectivity index is 2.01. The van der Waals surface area contributed by atoms with Crippen molar-refractivity contribution < 1.29 is 4.79 Å². The molecule has 0 bridgehead atoms. The van der Waals surface area contributed by atoms with Crippen LogP contribution in [0, 0.1) is 0 Å². The highest BCUT2D eigenvalue weighted by atomic mass is 35.5. The van der Waals surface area contributed by atoms with Crippen molar-refractivity contribution in [3.05, 3.63) is 58.3 Å². The van der Waals surface area contributed by atoms with E-state index in [-0.39, 0.29) is 21.3 Å². The lowest BCUT2D eigenvalue weighted by atomic mass is 10.2. The van der Waals surface area contributed by atoms with Gasteiger partial charge >= 0.3 is 0 Å². The molecule has 0 aliphatic carbocycles. The summed E-state index contributed by atoms with van der Waals surface area (Å²) in [4.78, 5) is 15.7. The molecule has 0 fully saturated rings. The predicted octanol–water partition coefficient (Wildman–Crippen LogP) is 3.52. The Labute approximate surface area is 131 Å². The van der Waals surface area contributed by atoms with Gasteiger partial charge in [-0.3, -0.25) is 10.1 Å². The monoisotopic (exact) mass is 325 g/mol. The van der Waals surface area contributed by atoms with Crippen molar-refractivity contribution in [2.24, 2.45) is 0 Å². The lowest BCUT2D eigenvalue weighted by Crippen LogP contribution is -2.34. The number of amides is 1. The number of nitrogens with zero attached hydrogens (tertiary/aromatic N) is 1. The fourth-order valence-corrected chi connectivity index (χ4v) is 2.02. The second-order valence-electron chi connectivity index (χ2n) is 3.75. The summed E-state index contributed by atoms with van der Waals surface area (Å²) in [7, 11) is 0. The molecule has 2 N–H and O–H groups in total. The average molecular weight is 326 g/mol. The average Bonchev–Trinajstić information content (AvgIpc) is 2.43. The van der Waals surface area contributed by atoms with Gasteiger partial charge in [0.2, 0.25) is 0 Å². The van der Waals surface area contributed by atoms with Gasteiger partial charge in [-0.15, -0.1) is 0 Å². The van der Waals surface area contributed by atoms with Crippen LogP contribution in [0.3, 0.4) is 0 Å². The Morgan fingerprint density at radius 1 is 1.10 bits per heavy atom. The number of halogens is 2. The lowest BCUT2D eigenvalue weighted by molar-refractivity contribution is 0.0978. The van der Waals surface area contributed by atoms with Gasteiger partial charge in [0.15, 0.2) is 10.3 Å². The summed E-state index contributed by atoms with van der Waals surface area (Å²) in [6.07, 6.45) is 0. The molecule has 0 radical (unpaired) electrons. The molecule has 0 unspecified atom stereocenters. The van der Waals surface area contributed by atoms with Crippen LogP contribution < -0.4 is 10.6 Å². The van der Waals surface area contributed by atoms with Gasteiger partial charge in [-0.25, -0.2) is 4.98 Å². The molecule has 1 heterocycles. The first kappa shape index (κ1) is 14.7. The summed E-state index contributed by atoms with van der Waals surface area (Å²) < 4.78 is 0. The zero-order valence-corrected chi connectivity index (χ0v) is 12.4. The number of pyridine rings is 1. The predicted molar refractivity (Wildman–Crippen MR) is 84.4 cm³/mol. The largest absolute Gasteiger partial charge is 0.330 e. The standard InChI is InChI=1S/C13H9Cl2N3OS/c14-10-7-6-9(11(15)17-10)16-13(20)18-12(19)8-4-2-1-3-5-8/h1-7H,(H2,16,18,19,20). The molecule has 0 saturated heterocycles. The number of nitrogens with one attached hydrogen (secondary N) is 2. The fraction of sp³-hybridized carbons (Fsp3) is 0. The summed E-state index contributed by atoms with van der Waals surface area (Å²) in [5, 5.41) is 5.91. The van der Waals surface area contributed by atoms with Gasteiger partial charge in [0.25, 0.3) is 5.91 Å². The molecule has 1 amide bonds. The molecule has 2 aromatic rings. The van der Waals surface area contributed by atoms with E-state index in [0.717, 1.165) is 0 Å². The lowest BCUT2D eigenvalue weighted by Gasteiger charge is -2.10. The molecule has 0 aliphatic heterocycles. The molecule has 1 aromatic heterocycles. The van der Waals surface area contributed by atoms with Crippen molar-refractivity contribution in [3.8, 4) is 0 Å². The SMILES string of the molecule is O=C(NC(=S)Nc1ccc(Cl)nc1Cl)c1ccccc1. The van der Waals surface area contributed by atoms with Crippen LogP contribution in [-0.2, 0) is 0 Å². The molecule has 0 aliphatic rings. The van der Waals surface area contributed by atoms with Crippen LogP contribution in [0.2, 0.25) is 10.3 Å². The molecular formula is C13H9Cl2N3OS. The van der Waals surface area contributed by atoms with E-state index in [4.69, 9.17) is 35.4 Å². The number of carbonyl (C=O) groups is 1. The molecule has 0 spiro atoms.